The molecule has 0 heterocycles. The lowest BCUT2D eigenvalue weighted by atomic mass is 10.1. The molecule has 5 nitrogen and oxygen atoms in total. The van der Waals surface area contributed by atoms with Crippen LogP contribution in [0.3, 0.4) is 0 Å². The number of methoxy groups -OCH3 is 1. The van der Waals surface area contributed by atoms with Crippen LogP contribution in [-0.4, -0.2) is 31.0 Å². The molecule has 0 fully saturated rings. The van der Waals surface area contributed by atoms with Crippen LogP contribution in [0.4, 0.5) is 0 Å². The number of phenols is 1. The lowest BCUT2D eigenvalue weighted by Gasteiger charge is -2.07. The molecule has 5 heteroatoms. The maximum Gasteiger partial charge on any atom is 0.216 e. The van der Waals surface area contributed by atoms with Gasteiger partial charge in [0.05, 0.1) is 12.7 Å². The summed E-state index contributed by atoms with van der Waals surface area (Å²) in [5, 5.41) is 12.5. The van der Waals surface area contributed by atoms with Crippen LogP contribution < -0.4 is 10.1 Å². The minimum Gasteiger partial charge on any atom is -0.504 e. The second-order valence-corrected chi connectivity index (χ2v) is 3.91. The van der Waals surface area contributed by atoms with Crippen LogP contribution >= 0.6 is 0 Å². The smallest absolute Gasteiger partial charge is 0.216 e. The average Bonchev–Trinajstić information content (AvgIpc) is 2.38. The second kappa shape index (κ2) is 7.20. The molecule has 1 rings (SSSR count). The van der Waals surface area contributed by atoms with Gasteiger partial charge in [-0.15, -0.1) is 0 Å². The van der Waals surface area contributed by atoms with E-state index in [1.807, 2.05) is 6.08 Å². The third-order valence-electron chi connectivity index (χ3n) is 2.53. The normalized spacial score (nSPS) is 10.4. The van der Waals surface area contributed by atoms with Crippen LogP contribution in [0, 0.1) is 0 Å². The Morgan fingerprint density at radius 2 is 2.21 bits per heavy atom. The minimum absolute atomic E-state index is 0.0796. The fraction of sp³-hybridized carbons (Fsp3) is 0.286. The SMILES string of the molecule is COc1ccc(C=CCCNC(C)=O)c(C=O)c1O. The fourth-order valence-corrected chi connectivity index (χ4v) is 1.58. The molecule has 0 aliphatic rings. The van der Waals surface area contributed by atoms with Crippen molar-refractivity contribution in [3.8, 4) is 11.5 Å². The van der Waals surface area contributed by atoms with Gasteiger partial charge in [-0.25, -0.2) is 0 Å². The highest BCUT2D eigenvalue weighted by Crippen LogP contribution is 2.31. The summed E-state index contributed by atoms with van der Waals surface area (Å²) in [6.45, 7) is 1.99. The van der Waals surface area contributed by atoms with Crippen molar-refractivity contribution in [1.82, 2.24) is 5.32 Å². The molecular weight excluding hydrogens is 246 g/mol. The largest absolute Gasteiger partial charge is 0.504 e. The van der Waals surface area contributed by atoms with E-state index in [1.54, 1.807) is 18.2 Å². The molecule has 0 aromatic heterocycles. The molecule has 19 heavy (non-hydrogen) atoms. The summed E-state index contributed by atoms with van der Waals surface area (Å²) >= 11 is 0. The highest BCUT2D eigenvalue weighted by Gasteiger charge is 2.10. The highest BCUT2D eigenvalue weighted by atomic mass is 16.5. The van der Waals surface area contributed by atoms with Gasteiger partial charge in [0.1, 0.15) is 0 Å². The van der Waals surface area contributed by atoms with Crippen LogP contribution in [0.2, 0.25) is 0 Å². The summed E-state index contributed by atoms with van der Waals surface area (Å²) in [5.74, 6) is 0.0167. The second-order valence-electron chi connectivity index (χ2n) is 3.91. The quantitative estimate of drug-likeness (QED) is 0.605. The number of phenolic OH excluding ortho intramolecular Hbond substituents is 1. The zero-order chi connectivity index (χ0) is 14.3. The number of hydrogen-bond donors (Lipinski definition) is 2. The lowest BCUT2D eigenvalue weighted by Crippen LogP contribution is -2.20. The van der Waals surface area contributed by atoms with Crippen LogP contribution in [0.15, 0.2) is 18.2 Å². The van der Waals surface area contributed by atoms with Gasteiger partial charge >= 0.3 is 0 Å². The molecule has 2 N–H and O–H groups in total. The van der Waals surface area contributed by atoms with Gasteiger partial charge in [-0.2, -0.15) is 0 Å². The van der Waals surface area contributed by atoms with Crippen LogP contribution in [0.5, 0.6) is 11.5 Å². The third-order valence-corrected chi connectivity index (χ3v) is 2.53. The molecule has 1 aromatic rings. The van der Waals surface area contributed by atoms with E-state index in [1.165, 1.54) is 14.0 Å². The van der Waals surface area contributed by atoms with Crippen molar-refractivity contribution in [1.29, 1.82) is 0 Å². The Hall–Kier alpha value is -2.30. The molecule has 0 bridgehead atoms. The lowest BCUT2D eigenvalue weighted by molar-refractivity contribution is -0.118. The fourth-order valence-electron chi connectivity index (χ4n) is 1.58. The summed E-state index contributed by atoms with van der Waals surface area (Å²) in [5.41, 5.74) is 0.797. The Balaban J connectivity index is 2.78. The van der Waals surface area contributed by atoms with Gasteiger partial charge in [0, 0.05) is 13.5 Å². The topological polar surface area (TPSA) is 75.6 Å². The zero-order valence-electron chi connectivity index (χ0n) is 11.0. The van der Waals surface area contributed by atoms with Gasteiger partial charge in [0.25, 0.3) is 0 Å². The first kappa shape index (κ1) is 14.8. The average molecular weight is 263 g/mol. The standard InChI is InChI=1S/C14H17NO4/c1-10(17)15-8-4-3-5-11-6-7-13(19-2)14(18)12(11)9-16/h3,5-7,9,18H,4,8H2,1-2H3,(H,15,17). The predicted octanol–water partition coefficient (Wildman–Crippen LogP) is 1.75. The van der Waals surface area contributed by atoms with Crippen molar-refractivity contribution in [3.05, 3.63) is 29.3 Å². The number of amides is 1. The van der Waals surface area contributed by atoms with Crippen LogP contribution in [-0.2, 0) is 4.79 Å². The number of carbonyl (C=O) groups excluding carboxylic acids is 2. The molecule has 0 spiro atoms. The number of ether oxygens (including phenoxy) is 1. The van der Waals surface area contributed by atoms with Crippen molar-refractivity contribution in [2.75, 3.05) is 13.7 Å². The maximum atomic E-state index is 11.0. The van der Waals surface area contributed by atoms with Crippen molar-refractivity contribution < 1.29 is 19.4 Å². The van der Waals surface area contributed by atoms with E-state index >= 15 is 0 Å². The molecule has 0 saturated heterocycles. The number of hydrogen-bond acceptors (Lipinski definition) is 4. The van der Waals surface area contributed by atoms with Crippen molar-refractivity contribution in [3.63, 3.8) is 0 Å². The van der Waals surface area contributed by atoms with E-state index in [-0.39, 0.29) is 23.0 Å². The maximum absolute atomic E-state index is 11.0. The van der Waals surface area contributed by atoms with E-state index < -0.39 is 0 Å². The van der Waals surface area contributed by atoms with Gasteiger partial charge in [-0.05, 0) is 18.1 Å². The van der Waals surface area contributed by atoms with E-state index in [2.05, 4.69) is 5.32 Å². The Morgan fingerprint density at radius 1 is 1.47 bits per heavy atom. The number of aldehydes is 1. The summed E-state index contributed by atoms with van der Waals surface area (Å²) < 4.78 is 4.93. The number of nitrogens with one attached hydrogen (secondary N) is 1. The Kier molecular flexibility index (Phi) is 5.60. The van der Waals surface area contributed by atoms with E-state index in [0.717, 1.165) is 0 Å². The van der Waals surface area contributed by atoms with Gasteiger partial charge in [-0.3, -0.25) is 9.59 Å². The molecule has 0 saturated carbocycles. The van der Waals surface area contributed by atoms with E-state index in [9.17, 15) is 14.7 Å². The van der Waals surface area contributed by atoms with Gasteiger partial charge in [-0.1, -0.05) is 18.2 Å². The van der Waals surface area contributed by atoms with Crippen LogP contribution in [0.1, 0.15) is 29.3 Å². The zero-order valence-corrected chi connectivity index (χ0v) is 11.0. The molecule has 1 amide bonds. The van der Waals surface area contributed by atoms with Gasteiger partial charge in [0.15, 0.2) is 17.8 Å². The van der Waals surface area contributed by atoms with E-state index in [0.29, 0.717) is 24.8 Å². The Labute approximate surface area is 111 Å². The number of carbonyl (C=O) groups is 2. The minimum atomic E-state index is -0.165. The summed E-state index contributed by atoms with van der Waals surface area (Å²) in [6.07, 6.45) is 4.78. The third kappa shape index (κ3) is 4.13. The predicted molar refractivity (Wildman–Crippen MR) is 72.4 cm³/mol. The summed E-state index contributed by atoms with van der Waals surface area (Å²) in [4.78, 5) is 21.7. The number of aromatic hydroxyl groups is 1. The Bertz CT molecular complexity index is 494. The summed E-state index contributed by atoms with van der Waals surface area (Å²) in [7, 11) is 1.42. The van der Waals surface area contributed by atoms with Crippen molar-refractivity contribution >= 4 is 18.3 Å². The Morgan fingerprint density at radius 3 is 2.79 bits per heavy atom. The number of rotatable bonds is 6. The molecule has 0 aliphatic heterocycles. The first-order valence-corrected chi connectivity index (χ1v) is 5.86. The van der Waals surface area contributed by atoms with Crippen LogP contribution in [0.25, 0.3) is 6.08 Å². The van der Waals surface area contributed by atoms with E-state index in [4.69, 9.17) is 4.74 Å². The van der Waals surface area contributed by atoms with Gasteiger partial charge < -0.3 is 15.2 Å². The number of benzene rings is 1. The molecule has 102 valence electrons. The molecule has 1 aromatic carbocycles. The monoisotopic (exact) mass is 263 g/mol. The molecule has 0 aliphatic carbocycles. The molecule has 0 atom stereocenters. The molecular formula is C14H17NO4. The van der Waals surface area contributed by atoms with Crippen molar-refractivity contribution in [2.24, 2.45) is 0 Å². The summed E-state index contributed by atoms with van der Waals surface area (Å²) in [6, 6.07) is 3.28. The first-order valence-electron chi connectivity index (χ1n) is 5.86. The first-order chi connectivity index (χ1) is 9.10. The highest BCUT2D eigenvalue weighted by molar-refractivity contribution is 5.87. The van der Waals surface area contributed by atoms with Gasteiger partial charge in [0.2, 0.25) is 5.91 Å². The van der Waals surface area contributed by atoms with Crippen molar-refractivity contribution in [2.45, 2.75) is 13.3 Å². The molecule has 0 unspecified atom stereocenters. The molecule has 0 radical (unpaired) electrons.